The maximum absolute atomic E-state index is 12.4. The van der Waals surface area contributed by atoms with Gasteiger partial charge in [0, 0.05) is 33.7 Å². The van der Waals surface area contributed by atoms with Crippen LogP contribution in [0.3, 0.4) is 0 Å². The summed E-state index contributed by atoms with van der Waals surface area (Å²) >= 11 is 8.95. The normalized spacial score (nSPS) is 10.5. The Labute approximate surface area is 210 Å². The molecule has 2 heterocycles. The number of nitrogens with zero attached hydrogens (tertiary/aromatic N) is 3. The smallest absolute Gasteiger partial charge is 0.226 e. The maximum atomic E-state index is 12.4. The molecule has 0 bridgehead atoms. The van der Waals surface area contributed by atoms with Crippen LogP contribution in [0, 0.1) is 11.3 Å². The standard InChI is InChI=1S/C25H19ClN4O2S2/c1-32-18-9-6-16(7-10-18)21-11-8-17(14-27)24(28-21)33-13-12-23(31)30-25-29-22(15-34-25)19-4-2-3-5-20(19)26/h2-11,15H,12-13H2,1H3,(H,29,30,31). The van der Waals surface area contributed by atoms with Gasteiger partial charge in [-0.05, 0) is 42.5 Å². The summed E-state index contributed by atoms with van der Waals surface area (Å²) in [6, 6.07) is 20.7. The van der Waals surface area contributed by atoms with Gasteiger partial charge in [-0.3, -0.25) is 4.79 Å². The summed E-state index contributed by atoms with van der Waals surface area (Å²) in [7, 11) is 1.62. The van der Waals surface area contributed by atoms with E-state index in [1.54, 1.807) is 19.2 Å². The molecular formula is C25H19ClN4O2S2. The number of thioether (sulfide) groups is 1. The average molecular weight is 507 g/mol. The summed E-state index contributed by atoms with van der Waals surface area (Å²) in [5.74, 6) is 1.08. The lowest BCUT2D eigenvalue weighted by atomic mass is 10.1. The van der Waals surface area contributed by atoms with Crippen LogP contribution in [0.2, 0.25) is 5.02 Å². The van der Waals surface area contributed by atoms with E-state index in [2.05, 4.69) is 21.4 Å². The van der Waals surface area contributed by atoms with Crippen LogP contribution in [0.15, 0.2) is 71.1 Å². The van der Waals surface area contributed by atoms with Crippen LogP contribution < -0.4 is 10.1 Å². The molecule has 2 aromatic carbocycles. The molecule has 4 rings (SSSR count). The molecule has 34 heavy (non-hydrogen) atoms. The number of carbonyl (C=O) groups excluding carboxylic acids is 1. The summed E-state index contributed by atoms with van der Waals surface area (Å²) in [6.45, 7) is 0. The fourth-order valence-corrected chi connectivity index (χ4v) is 4.98. The van der Waals surface area contributed by atoms with Gasteiger partial charge in [0.1, 0.15) is 16.8 Å². The molecule has 6 nitrogen and oxygen atoms in total. The predicted octanol–water partition coefficient (Wildman–Crippen LogP) is 6.53. The number of pyridine rings is 1. The Morgan fingerprint density at radius 2 is 1.91 bits per heavy atom. The first-order valence-electron chi connectivity index (χ1n) is 10.3. The van der Waals surface area contributed by atoms with E-state index in [9.17, 15) is 10.1 Å². The van der Waals surface area contributed by atoms with E-state index in [4.69, 9.17) is 16.3 Å². The van der Waals surface area contributed by atoms with Gasteiger partial charge in [0.15, 0.2) is 5.13 Å². The van der Waals surface area contributed by atoms with Crippen molar-refractivity contribution in [2.45, 2.75) is 11.4 Å². The molecule has 0 radical (unpaired) electrons. The lowest BCUT2D eigenvalue weighted by Crippen LogP contribution is -2.12. The molecule has 0 fully saturated rings. The lowest BCUT2D eigenvalue weighted by Gasteiger charge is -2.08. The number of hydrogen-bond donors (Lipinski definition) is 1. The van der Waals surface area contributed by atoms with Crippen molar-refractivity contribution in [2.75, 3.05) is 18.2 Å². The van der Waals surface area contributed by atoms with Crippen LogP contribution in [0.25, 0.3) is 22.5 Å². The summed E-state index contributed by atoms with van der Waals surface area (Å²) in [5.41, 5.74) is 3.69. The van der Waals surface area contributed by atoms with Gasteiger partial charge in [0.05, 0.1) is 24.1 Å². The van der Waals surface area contributed by atoms with Gasteiger partial charge >= 0.3 is 0 Å². The molecule has 0 aliphatic carbocycles. The molecule has 0 unspecified atom stereocenters. The number of amides is 1. The highest BCUT2D eigenvalue weighted by atomic mass is 35.5. The van der Waals surface area contributed by atoms with Crippen molar-refractivity contribution in [1.82, 2.24) is 9.97 Å². The predicted molar refractivity (Wildman–Crippen MR) is 137 cm³/mol. The van der Waals surface area contributed by atoms with Crippen molar-refractivity contribution < 1.29 is 9.53 Å². The van der Waals surface area contributed by atoms with E-state index in [0.717, 1.165) is 28.3 Å². The summed E-state index contributed by atoms with van der Waals surface area (Å²) in [6.07, 6.45) is 0.255. The van der Waals surface area contributed by atoms with Crippen LogP contribution in [-0.4, -0.2) is 28.7 Å². The van der Waals surface area contributed by atoms with Gasteiger partial charge in [0.25, 0.3) is 0 Å². The number of ether oxygens (including phenoxy) is 1. The molecule has 0 saturated heterocycles. The summed E-state index contributed by atoms with van der Waals surface area (Å²) in [4.78, 5) is 21.5. The highest BCUT2D eigenvalue weighted by molar-refractivity contribution is 7.99. The van der Waals surface area contributed by atoms with Crippen molar-refractivity contribution in [2.24, 2.45) is 0 Å². The van der Waals surface area contributed by atoms with Crippen LogP contribution in [0.1, 0.15) is 12.0 Å². The van der Waals surface area contributed by atoms with Crippen LogP contribution in [0.4, 0.5) is 5.13 Å². The Morgan fingerprint density at radius 3 is 2.65 bits per heavy atom. The van der Waals surface area contributed by atoms with Crippen molar-refractivity contribution in [1.29, 1.82) is 5.26 Å². The van der Waals surface area contributed by atoms with Crippen molar-refractivity contribution in [3.8, 4) is 34.3 Å². The molecule has 0 spiro atoms. The minimum Gasteiger partial charge on any atom is -0.497 e. The Hall–Kier alpha value is -3.38. The van der Waals surface area contributed by atoms with E-state index in [0.29, 0.717) is 26.5 Å². The van der Waals surface area contributed by atoms with E-state index >= 15 is 0 Å². The fourth-order valence-electron chi connectivity index (χ4n) is 3.10. The number of anilines is 1. The summed E-state index contributed by atoms with van der Waals surface area (Å²) in [5, 5.41) is 15.9. The second kappa shape index (κ2) is 11.2. The molecule has 0 aliphatic heterocycles. The van der Waals surface area contributed by atoms with Gasteiger partial charge in [-0.2, -0.15) is 5.26 Å². The SMILES string of the molecule is COc1ccc(-c2ccc(C#N)c(SCCC(=O)Nc3nc(-c4ccccc4Cl)cs3)n2)cc1. The molecule has 1 amide bonds. The zero-order chi connectivity index (χ0) is 23.9. The average Bonchev–Trinajstić information content (AvgIpc) is 3.32. The third kappa shape index (κ3) is 5.75. The van der Waals surface area contributed by atoms with E-state index in [-0.39, 0.29) is 12.3 Å². The Bertz CT molecular complexity index is 1350. The highest BCUT2D eigenvalue weighted by Gasteiger charge is 2.12. The molecule has 1 N–H and O–H groups in total. The van der Waals surface area contributed by atoms with E-state index < -0.39 is 0 Å². The number of halogens is 1. The van der Waals surface area contributed by atoms with Gasteiger partial charge in [0.2, 0.25) is 5.91 Å². The first-order valence-corrected chi connectivity index (χ1v) is 12.5. The minimum atomic E-state index is -0.155. The number of hydrogen-bond acceptors (Lipinski definition) is 7. The quantitative estimate of drug-likeness (QED) is 0.273. The molecule has 0 aliphatic rings. The van der Waals surface area contributed by atoms with Crippen molar-refractivity contribution >= 4 is 45.7 Å². The first-order chi connectivity index (χ1) is 16.6. The second-order valence-electron chi connectivity index (χ2n) is 7.05. The van der Waals surface area contributed by atoms with Crippen LogP contribution in [0.5, 0.6) is 5.75 Å². The molecule has 4 aromatic rings. The molecule has 2 aromatic heterocycles. The Balaban J connectivity index is 1.37. The Kier molecular flexibility index (Phi) is 7.80. The van der Waals surface area contributed by atoms with E-state index in [1.165, 1.54) is 23.1 Å². The largest absolute Gasteiger partial charge is 0.497 e. The number of aromatic nitrogens is 2. The number of nitriles is 1. The number of benzene rings is 2. The monoisotopic (exact) mass is 506 g/mol. The van der Waals surface area contributed by atoms with Crippen LogP contribution in [-0.2, 0) is 4.79 Å². The zero-order valence-corrected chi connectivity index (χ0v) is 20.5. The van der Waals surface area contributed by atoms with Crippen molar-refractivity contribution in [3.63, 3.8) is 0 Å². The molecule has 9 heteroatoms. The number of rotatable bonds is 8. The van der Waals surface area contributed by atoms with Gasteiger partial charge in [-0.25, -0.2) is 9.97 Å². The zero-order valence-electron chi connectivity index (χ0n) is 18.1. The lowest BCUT2D eigenvalue weighted by molar-refractivity contribution is -0.115. The first kappa shape index (κ1) is 23.8. The molecule has 0 saturated carbocycles. The van der Waals surface area contributed by atoms with Gasteiger partial charge in [-0.15, -0.1) is 23.1 Å². The Morgan fingerprint density at radius 1 is 1.12 bits per heavy atom. The highest BCUT2D eigenvalue weighted by Crippen LogP contribution is 2.31. The number of methoxy groups -OCH3 is 1. The fraction of sp³-hybridized carbons (Fsp3) is 0.120. The number of thiazole rings is 1. The minimum absolute atomic E-state index is 0.155. The number of carbonyl (C=O) groups is 1. The van der Waals surface area contributed by atoms with Gasteiger partial charge in [-0.1, -0.05) is 29.8 Å². The summed E-state index contributed by atoms with van der Waals surface area (Å²) < 4.78 is 5.20. The van der Waals surface area contributed by atoms with Crippen LogP contribution >= 0.6 is 34.7 Å². The molecular weight excluding hydrogens is 488 g/mol. The van der Waals surface area contributed by atoms with Gasteiger partial charge < -0.3 is 10.1 Å². The number of nitrogens with one attached hydrogen (secondary N) is 1. The third-order valence-corrected chi connectivity index (χ3v) is 6.91. The van der Waals surface area contributed by atoms with Crippen molar-refractivity contribution in [3.05, 3.63) is 76.6 Å². The van der Waals surface area contributed by atoms with E-state index in [1.807, 2.05) is 53.9 Å². The third-order valence-electron chi connectivity index (χ3n) is 4.83. The topological polar surface area (TPSA) is 87.9 Å². The molecule has 0 atom stereocenters. The second-order valence-corrected chi connectivity index (χ2v) is 9.40. The molecule has 170 valence electrons. The maximum Gasteiger partial charge on any atom is 0.226 e.